The smallest absolute Gasteiger partial charge is 0.122 e. The van der Waals surface area contributed by atoms with Crippen LogP contribution in [0.3, 0.4) is 0 Å². The van der Waals surface area contributed by atoms with Crippen LogP contribution in [0.5, 0.6) is 0 Å². The van der Waals surface area contributed by atoms with Crippen LogP contribution in [0.4, 0.5) is 0 Å². The summed E-state index contributed by atoms with van der Waals surface area (Å²) in [6.07, 6.45) is 2.71. The molecule has 4 nitrogen and oxygen atoms in total. The molecule has 0 bridgehead atoms. The lowest BCUT2D eigenvalue weighted by atomic mass is 10.0. The van der Waals surface area contributed by atoms with Gasteiger partial charge in [-0.1, -0.05) is 12.1 Å². The van der Waals surface area contributed by atoms with Crippen LogP contribution in [-0.4, -0.2) is 24.1 Å². The van der Waals surface area contributed by atoms with Crippen molar-refractivity contribution in [2.75, 3.05) is 0 Å². The van der Waals surface area contributed by atoms with E-state index in [1.54, 1.807) is 0 Å². The van der Waals surface area contributed by atoms with Gasteiger partial charge in [0.1, 0.15) is 5.84 Å². The van der Waals surface area contributed by atoms with Crippen molar-refractivity contribution in [2.45, 2.75) is 58.5 Å². The first kappa shape index (κ1) is 15.0. The van der Waals surface area contributed by atoms with E-state index in [1.165, 1.54) is 0 Å². The Morgan fingerprint density at radius 2 is 2.00 bits per heavy atom. The number of amidine groups is 1. The minimum absolute atomic E-state index is 0.104. The van der Waals surface area contributed by atoms with E-state index in [-0.39, 0.29) is 24.1 Å². The molecule has 110 valence electrons. The number of hydrogen-bond donors (Lipinski definition) is 2. The van der Waals surface area contributed by atoms with Gasteiger partial charge in [0.2, 0.25) is 0 Å². The van der Waals surface area contributed by atoms with Crippen LogP contribution in [0.2, 0.25) is 0 Å². The van der Waals surface area contributed by atoms with Crippen LogP contribution in [0.15, 0.2) is 18.2 Å². The average Bonchev–Trinajstić information content (AvgIpc) is 2.36. The zero-order chi connectivity index (χ0) is 14.7. The van der Waals surface area contributed by atoms with Crippen molar-refractivity contribution in [3.63, 3.8) is 0 Å². The zero-order valence-electron chi connectivity index (χ0n) is 12.5. The van der Waals surface area contributed by atoms with Gasteiger partial charge >= 0.3 is 0 Å². The highest BCUT2D eigenvalue weighted by atomic mass is 16.5. The second-order valence-corrected chi connectivity index (χ2v) is 5.72. The van der Waals surface area contributed by atoms with Gasteiger partial charge in [0.05, 0.1) is 24.9 Å². The summed E-state index contributed by atoms with van der Waals surface area (Å²) in [5.74, 6) is 0.104. The van der Waals surface area contributed by atoms with Gasteiger partial charge in [0.15, 0.2) is 0 Å². The summed E-state index contributed by atoms with van der Waals surface area (Å²) in [6, 6.07) is 5.82. The Kier molecular flexibility index (Phi) is 4.78. The van der Waals surface area contributed by atoms with E-state index in [0.717, 1.165) is 29.5 Å². The molecule has 2 rings (SSSR count). The van der Waals surface area contributed by atoms with Crippen molar-refractivity contribution < 1.29 is 9.47 Å². The molecule has 3 N–H and O–H groups in total. The Labute approximate surface area is 120 Å². The molecule has 0 radical (unpaired) electrons. The first-order valence-electron chi connectivity index (χ1n) is 7.16. The minimum atomic E-state index is 0.104. The van der Waals surface area contributed by atoms with E-state index in [1.807, 2.05) is 25.1 Å². The van der Waals surface area contributed by atoms with Gasteiger partial charge in [0, 0.05) is 5.56 Å². The first-order valence-corrected chi connectivity index (χ1v) is 7.16. The van der Waals surface area contributed by atoms with Crippen molar-refractivity contribution in [1.82, 2.24) is 0 Å². The summed E-state index contributed by atoms with van der Waals surface area (Å²) in [4.78, 5) is 0. The molecule has 0 saturated carbocycles. The highest BCUT2D eigenvalue weighted by Gasteiger charge is 2.24. The van der Waals surface area contributed by atoms with Crippen molar-refractivity contribution in [3.05, 3.63) is 34.9 Å². The Balaban J connectivity index is 1.95. The molecular weight excluding hydrogens is 252 g/mol. The molecule has 1 fully saturated rings. The predicted octanol–water partition coefficient (Wildman–Crippen LogP) is 2.75. The van der Waals surface area contributed by atoms with E-state index >= 15 is 0 Å². The Hall–Kier alpha value is -1.39. The normalized spacial score (nSPS) is 26.4. The molecule has 1 heterocycles. The molecular formula is C16H24N2O2. The number of benzene rings is 1. The van der Waals surface area contributed by atoms with E-state index in [4.69, 9.17) is 20.6 Å². The van der Waals surface area contributed by atoms with Crippen LogP contribution in [-0.2, 0) is 16.1 Å². The van der Waals surface area contributed by atoms with Gasteiger partial charge in [-0.05, 0) is 50.8 Å². The fourth-order valence-corrected chi connectivity index (χ4v) is 2.71. The maximum atomic E-state index is 7.44. The summed E-state index contributed by atoms with van der Waals surface area (Å²) < 4.78 is 11.7. The van der Waals surface area contributed by atoms with Gasteiger partial charge in [-0.15, -0.1) is 0 Å². The van der Waals surface area contributed by atoms with E-state index in [9.17, 15) is 0 Å². The minimum Gasteiger partial charge on any atom is -0.384 e. The van der Waals surface area contributed by atoms with E-state index in [0.29, 0.717) is 6.61 Å². The fraction of sp³-hybridized carbons (Fsp3) is 0.562. The van der Waals surface area contributed by atoms with Crippen molar-refractivity contribution in [2.24, 2.45) is 5.73 Å². The highest BCUT2D eigenvalue weighted by molar-refractivity contribution is 5.95. The molecule has 2 unspecified atom stereocenters. The zero-order valence-corrected chi connectivity index (χ0v) is 12.5. The van der Waals surface area contributed by atoms with Gasteiger partial charge in [-0.25, -0.2) is 0 Å². The number of nitrogens with two attached hydrogens (primary N) is 1. The largest absolute Gasteiger partial charge is 0.384 e. The molecule has 4 heteroatoms. The predicted molar refractivity (Wildman–Crippen MR) is 80.0 cm³/mol. The number of hydrogen-bond acceptors (Lipinski definition) is 3. The molecule has 1 saturated heterocycles. The van der Waals surface area contributed by atoms with Crippen molar-refractivity contribution >= 4 is 5.84 Å². The van der Waals surface area contributed by atoms with Gasteiger partial charge in [-0.3, -0.25) is 5.41 Å². The quantitative estimate of drug-likeness (QED) is 0.656. The molecule has 20 heavy (non-hydrogen) atoms. The number of nitrogens with one attached hydrogen (secondary N) is 1. The molecule has 1 aliphatic heterocycles. The molecule has 0 spiro atoms. The number of rotatable bonds is 4. The summed E-state index contributed by atoms with van der Waals surface area (Å²) in [5.41, 5.74) is 8.53. The van der Waals surface area contributed by atoms with Gasteiger partial charge in [-0.2, -0.15) is 0 Å². The third-order valence-corrected chi connectivity index (χ3v) is 3.78. The molecule has 2 atom stereocenters. The standard InChI is InChI=1S/C16H24N2O2/c1-10-6-13(16(17)18)4-5-14(10)9-19-15-7-11(2)20-12(3)8-15/h4-6,11-12,15H,7-9H2,1-3H3,(H3,17,18). The van der Waals surface area contributed by atoms with Crippen LogP contribution >= 0.6 is 0 Å². The van der Waals surface area contributed by atoms with Crippen LogP contribution in [0.25, 0.3) is 0 Å². The van der Waals surface area contributed by atoms with Crippen LogP contribution in [0, 0.1) is 12.3 Å². The lowest BCUT2D eigenvalue weighted by Gasteiger charge is -2.32. The number of nitrogen functional groups attached to an aromatic ring is 1. The van der Waals surface area contributed by atoms with Crippen molar-refractivity contribution in [1.29, 1.82) is 5.41 Å². The first-order chi connectivity index (χ1) is 9.45. The van der Waals surface area contributed by atoms with Gasteiger partial charge < -0.3 is 15.2 Å². The number of ether oxygens (including phenoxy) is 2. The molecule has 0 amide bonds. The van der Waals surface area contributed by atoms with Crippen LogP contribution < -0.4 is 5.73 Å². The topological polar surface area (TPSA) is 68.3 Å². The second-order valence-electron chi connectivity index (χ2n) is 5.72. The summed E-state index contributed by atoms with van der Waals surface area (Å²) >= 11 is 0. The maximum Gasteiger partial charge on any atom is 0.122 e. The van der Waals surface area contributed by atoms with E-state index < -0.39 is 0 Å². The fourth-order valence-electron chi connectivity index (χ4n) is 2.71. The molecule has 0 aromatic heterocycles. The molecule has 1 aromatic rings. The monoisotopic (exact) mass is 276 g/mol. The second kappa shape index (κ2) is 6.37. The highest BCUT2D eigenvalue weighted by Crippen LogP contribution is 2.23. The Morgan fingerprint density at radius 1 is 1.35 bits per heavy atom. The third kappa shape index (κ3) is 3.81. The Morgan fingerprint density at radius 3 is 2.55 bits per heavy atom. The van der Waals surface area contributed by atoms with Gasteiger partial charge in [0.25, 0.3) is 0 Å². The maximum absolute atomic E-state index is 7.44. The van der Waals surface area contributed by atoms with Crippen LogP contribution in [0.1, 0.15) is 43.4 Å². The molecule has 1 aromatic carbocycles. The summed E-state index contributed by atoms with van der Waals surface area (Å²) in [7, 11) is 0. The summed E-state index contributed by atoms with van der Waals surface area (Å²) in [6.45, 7) is 6.83. The lowest BCUT2D eigenvalue weighted by molar-refractivity contribution is -0.106. The Bertz CT molecular complexity index is 477. The molecule has 0 aliphatic carbocycles. The van der Waals surface area contributed by atoms with E-state index in [2.05, 4.69) is 13.8 Å². The van der Waals surface area contributed by atoms with Crippen molar-refractivity contribution in [3.8, 4) is 0 Å². The SMILES string of the molecule is Cc1cc(C(=N)N)ccc1COC1CC(C)OC(C)C1. The lowest BCUT2D eigenvalue weighted by Crippen LogP contribution is -2.34. The summed E-state index contributed by atoms with van der Waals surface area (Å²) in [5, 5.41) is 7.44. The average molecular weight is 276 g/mol. The molecule has 1 aliphatic rings. The third-order valence-electron chi connectivity index (χ3n) is 3.78. The number of aryl methyl sites for hydroxylation is 1.